The smallest absolute Gasteiger partial charge is 0.0634 e. The highest BCUT2D eigenvalue weighted by Crippen LogP contribution is 2.57. The van der Waals surface area contributed by atoms with Crippen LogP contribution in [0.15, 0.2) is 72.8 Å². The predicted molar refractivity (Wildman–Crippen MR) is 197 cm³/mol. The molecule has 0 radical (unpaired) electrons. The van der Waals surface area contributed by atoms with Crippen LogP contribution in [0.5, 0.6) is 0 Å². The molecule has 5 aromatic carbocycles. The summed E-state index contributed by atoms with van der Waals surface area (Å²) in [5.41, 5.74) is 14.8. The Hall–Kier alpha value is -4.30. The van der Waals surface area contributed by atoms with Crippen molar-refractivity contribution in [3.8, 4) is 0 Å². The molecule has 11 rings (SSSR count). The Kier molecular flexibility index (Phi) is 4.10. The van der Waals surface area contributed by atoms with Gasteiger partial charge in [-0.05, 0) is 93.2 Å². The second-order valence-corrected chi connectivity index (χ2v) is 17.6. The molecule has 4 heterocycles. The normalized spacial score (nSPS) is 19.8. The van der Waals surface area contributed by atoms with Crippen LogP contribution in [0.3, 0.4) is 0 Å². The lowest BCUT2D eigenvalue weighted by atomic mass is 9.82. The first kappa shape index (κ1) is 25.8. The second kappa shape index (κ2) is 7.31. The number of fused-ring (bicyclic) bond motifs is 16. The molecular weight excluding hydrogens is 556 g/mol. The Balaban J connectivity index is 1.49. The van der Waals surface area contributed by atoms with Gasteiger partial charge in [0.1, 0.15) is 0 Å². The SMILES string of the molecule is CC1(C)CC(C)(C)c2cc3c(cc21)c1c2c4ccccc4n4c5cc6c(cc5c(c5c7ccccc7n3c51)c24)C(C)(C)CC6(C)C. The third-order valence-electron chi connectivity index (χ3n) is 12.7. The molecule has 0 amide bonds. The van der Waals surface area contributed by atoms with Crippen LogP contribution in [-0.2, 0) is 21.7 Å². The van der Waals surface area contributed by atoms with Crippen molar-refractivity contribution in [2.24, 2.45) is 0 Å². The number of nitrogens with zero attached hydrogens (tertiary/aromatic N) is 2. The maximum Gasteiger partial charge on any atom is 0.0634 e. The monoisotopic (exact) mass is 596 g/mol. The highest BCUT2D eigenvalue weighted by molar-refractivity contribution is 6.45. The Morgan fingerprint density at radius 3 is 1.11 bits per heavy atom. The second-order valence-electron chi connectivity index (χ2n) is 17.6. The van der Waals surface area contributed by atoms with E-state index in [0.717, 1.165) is 0 Å². The van der Waals surface area contributed by atoms with E-state index in [2.05, 4.69) is 137 Å². The van der Waals surface area contributed by atoms with E-state index in [9.17, 15) is 0 Å². The molecule has 4 aromatic heterocycles. The van der Waals surface area contributed by atoms with Crippen molar-refractivity contribution in [3.05, 3.63) is 95.1 Å². The molecule has 0 unspecified atom stereocenters. The zero-order chi connectivity index (χ0) is 31.4. The molecule has 226 valence electrons. The first-order valence-electron chi connectivity index (χ1n) is 17.2. The summed E-state index contributed by atoms with van der Waals surface area (Å²) < 4.78 is 5.27. The molecule has 0 fully saturated rings. The summed E-state index contributed by atoms with van der Waals surface area (Å²) in [6.07, 6.45) is 2.35. The van der Waals surface area contributed by atoms with Gasteiger partial charge in [0.15, 0.2) is 0 Å². The van der Waals surface area contributed by atoms with E-state index in [1.807, 2.05) is 0 Å². The lowest BCUT2D eigenvalue weighted by Gasteiger charge is -2.22. The summed E-state index contributed by atoms with van der Waals surface area (Å²) in [6, 6.07) is 28.7. The van der Waals surface area contributed by atoms with Crippen LogP contribution in [0, 0.1) is 0 Å². The van der Waals surface area contributed by atoms with E-state index in [1.165, 1.54) is 111 Å². The molecule has 9 aromatic rings. The Morgan fingerprint density at radius 1 is 0.391 bits per heavy atom. The Bertz CT molecular complexity index is 2650. The average molecular weight is 597 g/mol. The summed E-state index contributed by atoms with van der Waals surface area (Å²) >= 11 is 0. The number of rotatable bonds is 0. The van der Waals surface area contributed by atoms with E-state index in [1.54, 1.807) is 0 Å². The third-order valence-corrected chi connectivity index (χ3v) is 12.7. The fourth-order valence-corrected chi connectivity index (χ4v) is 11.5. The van der Waals surface area contributed by atoms with Gasteiger partial charge < -0.3 is 8.80 Å². The fourth-order valence-electron chi connectivity index (χ4n) is 11.5. The van der Waals surface area contributed by atoms with E-state index >= 15 is 0 Å². The fraction of sp³-hybridized carbons (Fsp3) is 0.318. The highest BCUT2D eigenvalue weighted by Gasteiger charge is 2.44. The quantitative estimate of drug-likeness (QED) is 0.165. The van der Waals surface area contributed by atoms with Gasteiger partial charge in [0.05, 0.1) is 33.1 Å². The molecule has 2 nitrogen and oxygen atoms in total. The minimum Gasteiger partial charge on any atom is -0.308 e. The van der Waals surface area contributed by atoms with Crippen molar-refractivity contribution < 1.29 is 0 Å². The van der Waals surface area contributed by atoms with E-state index in [0.29, 0.717) is 0 Å². The van der Waals surface area contributed by atoms with Crippen molar-refractivity contribution in [2.45, 2.75) is 89.9 Å². The number of hydrogen-bond acceptors (Lipinski definition) is 0. The molecule has 46 heavy (non-hydrogen) atoms. The summed E-state index contributed by atoms with van der Waals surface area (Å²) in [5, 5.41) is 11.3. The lowest BCUT2D eigenvalue weighted by Crippen LogP contribution is -2.18. The van der Waals surface area contributed by atoms with Crippen molar-refractivity contribution >= 4 is 76.2 Å². The number of hydrogen-bond donors (Lipinski definition) is 0. The van der Waals surface area contributed by atoms with Gasteiger partial charge in [0, 0.05) is 43.1 Å². The highest BCUT2D eigenvalue weighted by atomic mass is 14.9. The Labute approximate surface area is 269 Å². The maximum atomic E-state index is 2.64. The van der Waals surface area contributed by atoms with Crippen LogP contribution < -0.4 is 0 Å². The number of aromatic nitrogens is 2. The molecule has 0 saturated carbocycles. The van der Waals surface area contributed by atoms with E-state index in [4.69, 9.17) is 0 Å². The number of benzene rings is 5. The van der Waals surface area contributed by atoms with Crippen molar-refractivity contribution in [1.82, 2.24) is 8.80 Å². The van der Waals surface area contributed by atoms with Crippen molar-refractivity contribution in [1.29, 1.82) is 0 Å². The third kappa shape index (κ3) is 2.65. The molecule has 0 atom stereocenters. The first-order valence-corrected chi connectivity index (χ1v) is 17.2. The zero-order valence-electron chi connectivity index (χ0n) is 28.2. The zero-order valence-corrected chi connectivity index (χ0v) is 28.2. The molecule has 2 heteroatoms. The summed E-state index contributed by atoms with van der Waals surface area (Å²) in [4.78, 5) is 0. The summed E-state index contributed by atoms with van der Waals surface area (Å²) in [6.45, 7) is 19.6. The minimum absolute atomic E-state index is 0.143. The molecule has 0 saturated heterocycles. The molecular formula is C44H40N2. The van der Waals surface area contributed by atoms with Gasteiger partial charge in [-0.3, -0.25) is 0 Å². The molecule has 0 spiro atoms. The van der Waals surface area contributed by atoms with Gasteiger partial charge >= 0.3 is 0 Å². The van der Waals surface area contributed by atoms with Crippen LogP contribution in [0.2, 0.25) is 0 Å². The Morgan fingerprint density at radius 2 is 0.717 bits per heavy atom. The van der Waals surface area contributed by atoms with Crippen molar-refractivity contribution in [2.75, 3.05) is 0 Å². The van der Waals surface area contributed by atoms with Crippen molar-refractivity contribution in [3.63, 3.8) is 0 Å². The standard InChI is InChI=1S/C44H40N2/c1-41(2)21-43(5,6)29-19-33-25(17-27(29)41)37-35-23-13-9-12-16-32(23)46-34-20-30-28(42(3,4)22-44(30,7)8)18-26(34)38(40(35)46)36-24-14-10-11-15-31(24)45(33)39(36)37/h9-20H,21-22H2,1-8H3. The van der Waals surface area contributed by atoms with Gasteiger partial charge in [-0.15, -0.1) is 0 Å². The van der Waals surface area contributed by atoms with Gasteiger partial charge in [-0.2, -0.15) is 0 Å². The van der Waals surface area contributed by atoms with Gasteiger partial charge in [-0.1, -0.05) is 91.8 Å². The minimum atomic E-state index is 0.143. The van der Waals surface area contributed by atoms with Crippen LogP contribution >= 0.6 is 0 Å². The topological polar surface area (TPSA) is 8.82 Å². The number of para-hydroxylation sites is 2. The van der Waals surface area contributed by atoms with Crippen LogP contribution in [0.25, 0.3) is 76.2 Å². The first-order chi connectivity index (χ1) is 21.8. The average Bonchev–Trinajstić information content (AvgIpc) is 3.76. The molecule has 0 bridgehead atoms. The maximum absolute atomic E-state index is 2.64. The predicted octanol–water partition coefficient (Wildman–Crippen LogP) is 11.9. The van der Waals surface area contributed by atoms with Gasteiger partial charge in [0.2, 0.25) is 0 Å². The van der Waals surface area contributed by atoms with E-state index < -0.39 is 0 Å². The molecule has 0 aliphatic heterocycles. The van der Waals surface area contributed by atoms with Gasteiger partial charge in [0.25, 0.3) is 0 Å². The summed E-state index contributed by atoms with van der Waals surface area (Å²) in [7, 11) is 0. The van der Waals surface area contributed by atoms with E-state index in [-0.39, 0.29) is 21.7 Å². The van der Waals surface area contributed by atoms with Crippen LogP contribution in [-0.4, -0.2) is 8.80 Å². The molecule has 2 aliphatic carbocycles. The molecule has 2 aliphatic rings. The largest absolute Gasteiger partial charge is 0.308 e. The molecule has 0 N–H and O–H groups in total. The summed E-state index contributed by atoms with van der Waals surface area (Å²) in [5.74, 6) is 0. The van der Waals surface area contributed by atoms with Gasteiger partial charge in [-0.25, -0.2) is 0 Å². The lowest BCUT2D eigenvalue weighted by molar-refractivity contribution is 0.403. The van der Waals surface area contributed by atoms with Crippen LogP contribution in [0.1, 0.15) is 90.5 Å². The van der Waals surface area contributed by atoms with Crippen LogP contribution in [0.4, 0.5) is 0 Å².